The Morgan fingerprint density at radius 1 is 0.743 bits per heavy atom. The summed E-state index contributed by atoms with van der Waals surface area (Å²) in [5.74, 6) is 2.89. The molecule has 0 fully saturated rings. The Morgan fingerprint density at radius 2 is 1.37 bits per heavy atom. The fourth-order valence-corrected chi connectivity index (χ4v) is 5.01. The highest BCUT2D eigenvalue weighted by Crippen LogP contribution is 2.38. The molecule has 2 aromatic carbocycles. The van der Waals surface area contributed by atoms with Gasteiger partial charge in [0.25, 0.3) is 0 Å². The fourth-order valence-electron chi connectivity index (χ4n) is 4.14. The molecule has 0 aliphatic heterocycles. The van der Waals surface area contributed by atoms with E-state index in [0.29, 0.717) is 11.8 Å². The zero-order valence-electron chi connectivity index (χ0n) is 22.0. The molecule has 2 atom stereocenters. The van der Waals surface area contributed by atoms with Crippen LogP contribution in [0.1, 0.15) is 79.1 Å². The van der Waals surface area contributed by atoms with E-state index in [1.807, 2.05) is 30.3 Å². The molecule has 0 aliphatic rings. The van der Waals surface area contributed by atoms with Crippen LogP contribution >= 0.6 is 11.3 Å². The quantitative estimate of drug-likeness (QED) is 0.199. The maximum Gasteiger partial charge on any atom is 0.152 e. The molecule has 0 saturated carbocycles. The Morgan fingerprint density at radius 3 is 2.00 bits per heavy atom. The second-order valence-electron chi connectivity index (χ2n) is 9.39. The van der Waals surface area contributed by atoms with Crippen LogP contribution in [-0.4, -0.2) is 23.4 Å². The van der Waals surface area contributed by atoms with E-state index in [4.69, 9.17) is 9.47 Å². The zero-order chi connectivity index (χ0) is 24.9. The van der Waals surface area contributed by atoms with Crippen LogP contribution in [0.5, 0.6) is 11.5 Å². The van der Waals surface area contributed by atoms with Gasteiger partial charge in [-0.1, -0.05) is 108 Å². The van der Waals surface area contributed by atoms with E-state index in [0.717, 1.165) is 58.7 Å². The van der Waals surface area contributed by atoms with Gasteiger partial charge < -0.3 is 9.47 Å². The SMILES string of the molecule is CCCCC(CC)COc1ccc(OCC(CC)CCCC)c(-c2nnc(-c3ccccc3)s2)c1. The summed E-state index contributed by atoms with van der Waals surface area (Å²) in [6.07, 6.45) is 9.64. The Labute approximate surface area is 216 Å². The molecule has 1 aromatic heterocycles. The Balaban J connectivity index is 1.82. The van der Waals surface area contributed by atoms with Gasteiger partial charge in [0, 0.05) is 5.56 Å². The van der Waals surface area contributed by atoms with E-state index in [1.54, 1.807) is 11.3 Å². The molecule has 0 saturated heterocycles. The molecular formula is C30H42N2O2S. The molecule has 0 N–H and O–H groups in total. The van der Waals surface area contributed by atoms with Crippen molar-refractivity contribution >= 4 is 11.3 Å². The van der Waals surface area contributed by atoms with Gasteiger partial charge in [0.15, 0.2) is 5.01 Å². The maximum atomic E-state index is 6.39. The van der Waals surface area contributed by atoms with E-state index in [2.05, 4.69) is 56.1 Å². The lowest BCUT2D eigenvalue weighted by molar-refractivity contribution is 0.228. The lowest BCUT2D eigenvalue weighted by Crippen LogP contribution is -2.12. The van der Waals surface area contributed by atoms with Crippen LogP contribution < -0.4 is 9.47 Å². The van der Waals surface area contributed by atoms with Crippen LogP contribution in [0, 0.1) is 11.8 Å². The number of benzene rings is 2. The first-order chi connectivity index (χ1) is 17.2. The number of unbranched alkanes of at least 4 members (excludes halogenated alkanes) is 2. The van der Waals surface area contributed by atoms with Crippen LogP contribution in [0.4, 0.5) is 0 Å². The molecule has 0 amide bonds. The van der Waals surface area contributed by atoms with E-state index in [1.165, 1.54) is 38.5 Å². The third kappa shape index (κ3) is 8.34. The lowest BCUT2D eigenvalue weighted by atomic mass is 10.0. The number of rotatable bonds is 16. The van der Waals surface area contributed by atoms with Gasteiger partial charge in [0.2, 0.25) is 0 Å². The Kier molecular flexibility index (Phi) is 11.6. The largest absolute Gasteiger partial charge is 0.493 e. The van der Waals surface area contributed by atoms with Gasteiger partial charge in [-0.2, -0.15) is 0 Å². The van der Waals surface area contributed by atoms with Crippen molar-refractivity contribution in [2.45, 2.75) is 79.1 Å². The summed E-state index contributed by atoms with van der Waals surface area (Å²) in [6.45, 7) is 10.5. The highest BCUT2D eigenvalue weighted by molar-refractivity contribution is 7.18. The van der Waals surface area contributed by atoms with Gasteiger partial charge >= 0.3 is 0 Å². The second kappa shape index (κ2) is 14.9. The molecule has 4 nitrogen and oxygen atoms in total. The van der Waals surface area contributed by atoms with Crippen LogP contribution in [-0.2, 0) is 0 Å². The van der Waals surface area contributed by atoms with Crippen molar-refractivity contribution < 1.29 is 9.47 Å². The smallest absolute Gasteiger partial charge is 0.152 e. The number of hydrogen-bond acceptors (Lipinski definition) is 5. The summed E-state index contributed by atoms with van der Waals surface area (Å²) in [4.78, 5) is 0. The summed E-state index contributed by atoms with van der Waals surface area (Å²) >= 11 is 1.60. The summed E-state index contributed by atoms with van der Waals surface area (Å²) in [5.41, 5.74) is 2.05. The Hall–Kier alpha value is -2.40. The molecule has 3 aromatic rings. The third-order valence-corrected chi connectivity index (χ3v) is 7.68. The van der Waals surface area contributed by atoms with Crippen LogP contribution in [0.2, 0.25) is 0 Å². The van der Waals surface area contributed by atoms with E-state index in [9.17, 15) is 0 Å². The summed E-state index contributed by atoms with van der Waals surface area (Å²) < 4.78 is 12.7. The van der Waals surface area contributed by atoms with Crippen molar-refractivity contribution in [1.82, 2.24) is 10.2 Å². The first-order valence-corrected chi connectivity index (χ1v) is 14.3. The summed E-state index contributed by atoms with van der Waals surface area (Å²) in [5, 5.41) is 10.8. The highest BCUT2D eigenvalue weighted by atomic mass is 32.1. The number of aromatic nitrogens is 2. The zero-order valence-corrected chi connectivity index (χ0v) is 22.8. The molecule has 1 heterocycles. The van der Waals surface area contributed by atoms with Gasteiger partial charge in [-0.3, -0.25) is 0 Å². The molecule has 190 valence electrons. The van der Waals surface area contributed by atoms with Crippen molar-refractivity contribution in [2.24, 2.45) is 11.8 Å². The monoisotopic (exact) mass is 494 g/mol. The van der Waals surface area contributed by atoms with Gasteiger partial charge in [-0.15, -0.1) is 10.2 Å². The molecule has 0 aliphatic carbocycles. The average Bonchev–Trinajstić information content (AvgIpc) is 3.40. The van der Waals surface area contributed by atoms with Crippen LogP contribution in [0.25, 0.3) is 21.1 Å². The second-order valence-corrected chi connectivity index (χ2v) is 10.4. The number of ether oxygens (including phenoxy) is 2. The number of nitrogens with zero attached hydrogens (tertiary/aromatic N) is 2. The lowest BCUT2D eigenvalue weighted by Gasteiger charge is -2.19. The molecule has 35 heavy (non-hydrogen) atoms. The minimum Gasteiger partial charge on any atom is -0.493 e. The highest BCUT2D eigenvalue weighted by Gasteiger charge is 2.17. The number of hydrogen-bond donors (Lipinski definition) is 0. The third-order valence-electron chi connectivity index (χ3n) is 6.67. The van der Waals surface area contributed by atoms with E-state index < -0.39 is 0 Å². The van der Waals surface area contributed by atoms with E-state index >= 15 is 0 Å². The van der Waals surface area contributed by atoms with Crippen LogP contribution in [0.15, 0.2) is 48.5 Å². The predicted molar refractivity (Wildman–Crippen MR) is 148 cm³/mol. The standard InChI is InChI=1S/C30H42N2O2S/c1-5-9-14-23(7-3)21-33-26-18-19-28(34-22-24(8-4)15-10-6-2)27(20-26)30-32-31-29(35-30)25-16-12-11-13-17-25/h11-13,16-20,23-24H,5-10,14-15,21-22H2,1-4H3. The van der Waals surface area contributed by atoms with Crippen molar-refractivity contribution in [1.29, 1.82) is 0 Å². The molecule has 0 spiro atoms. The van der Waals surface area contributed by atoms with Crippen molar-refractivity contribution in [3.63, 3.8) is 0 Å². The van der Waals surface area contributed by atoms with Gasteiger partial charge in [-0.05, 0) is 42.9 Å². The minimum atomic E-state index is 0.567. The molecule has 0 radical (unpaired) electrons. The molecule has 3 rings (SSSR count). The first kappa shape index (κ1) is 27.2. The minimum absolute atomic E-state index is 0.567. The van der Waals surface area contributed by atoms with Gasteiger partial charge in [0.1, 0.15) is 16.5 Å². The van der Waals surface area contributed by atoms with Gasteiger partial charge in [0.05, 0.1) is 18.8 Å². The summed E-state index contributed by atoms with van der Waals surface area (Å²) in [7, 11) is 0. The summed E-state index contributed by atoms with van der Waals surface area (Å²) in [6, 6.07) is 16.4. The normalized spacial score (nSPS) is 12.9. The van der Waals surface area contributed by atoms with Crippen molar-refractivity contribution in [2.75, 3.05) is 13.2 Å². The van der Waals surface area contributed by atoms with E-state index in [-0.39, 0.29) is 0 Å². The average molecular weight is 495 g/mol. The molecule has 2 unspecified atom stereocenters. The first-order valence-electron chi connectivity index (χ1n) is 13.5. The topological polar surface area (TPSA) is 44.2 Å². The van der Waals surface area contributed by atoms with Crippen molar-refractivity contribution in [3.05, 3.63) is 48.5 Å². The Bertz CT molecular complexity index is 989. The van der Waals surface area contributed by atoms with Gasteiger partial charge in [-0.25, -0.2) is 0 Å². The maximum absolute atomic E-state index is 6.39. The van der Waals surface area contributed by atoms with Crippen LogP contribution in [0.3, 0.4) is 0 Å². The fraction of sp³-hybridized carbons (Fsp3) is 0.533. The van der Waals surface area contributed by atoms with Crippen molar-refractivity contribution in [3.8, 4) is 32.6 Å². The molecular weight excluding hydrogens is 452 g/mol. The molecule has 0 bridgehead atoms. The predicted octanol–water partition coefficient (Wildman–Crippen LogP) is 9.06. The molecule has 5 heteroatoms.